The number of benzene rings is 2. The van der Waals surface area contributed by atoms with Gasteiger partial charge in [-0.15, -0.1) is 11.3 Å². The molecule has 0 bridgehead atoms. The van der Waals surface area contributed by atoms with E-state index in [-0.39, 0.29) is 11.2 Å². The number of anilines is 1. The molecule has 0 aliphatic heterocycles. The van der Waals surface area contributed by atoms with Crippen molar-refractivity contribution in [1.82, 2.24) is 9.97 Å². The summed E-state index contributed by atoms with van der Waals surface area (Å²) in [5, 5.41) is 8.76. The molecule has 4 aromatic rings. The SMILES string of the molecule is CC(Sc1ncnc2sccc12)C(=O)Nc1cccc2ccccc12. The van der Waals surface area contributed by atoms with Gasteiger partial charge >= 0.3 is 0 Å². The Hall–Kier alpha value is -2.44. The lowest BCUT2D eigenvalue weighted by molar-refractivity contribution is -0.115. The molecule has 0 radical (unpaired) electrons. The number of carbonyl (C=O) groups excluding carboxylic acids is 1. The molecule has 124 valence electrons. The number of thiophene rings is 1. The van der Waals surface area contributed by atoms with E-state index in [0.29, 0.717) is 0 Å². The maximum absolute atomic E-state index is 12.7. The van der Waals surface area contributed by atoms with Crippen LogP contribution in [0, 0.1) is 0 Å². The van der Waals surface area contributed by atoms with Crippen LogP contribution in [0.15, 0.2) is 65.3 Å². The minimum Gasteiger partial charge on any atom is -0.325 e. The first-order chi connectivity index (χ1) is 12.2. The lowest BCUT2D eigenvalue weighted by atomic mass is 10.1. The fourth-order valence-corrected chi connectivity index (χ4v) is 4.35. The first kappa shape index (κ1) is 16.1. The molecule has 1 atom stereocenters. The van der Waals surface area contributed by atoms with Crippen molar-refractivity contribution in [3.8, 4) is 0 Å². The molecule has 0 aliphatic carbocycles. The summed E-state index contributed by atoms with van der Waals surface area (Å²) in [5.74, 6) is -0.0386. The van der Waals surface area contributed by atoms with E-state index < -0.39 is 0 Å². The fraction of sp³-hybridized carbons (Fsp3) is 0.105. The summed E-state index contributed by atoms with van der Waals surface area (Å²) in [6.45, 7) is 1.89. The number of hydrogen-bond acceptors (Lipinski definition) is 5. The number of rotatable bonds is 4. The van der Waals surface area contributed by atoms with Gasteiger partial charge in [-0.1, -0.05) is 48.2 Å². The minimum absolute atomic E-state index is 0.0386. The highest BCUT2D eigenvalue weighted by atomic mass is 32.2. The summed E-state index contributed by atoms with van der Waals surface area (Å²) in [7, 11) is 0. The summed E-state index contributed by atoms with van der Waals surface area (Å²) < 4.78 is 0. The standard InChI is InChI=1S/C19H15N3OS2/c1-12(25-19-15-9-10-24-18(15)20-11-21-19)17(23)22-16-8-4-6-13-5-2-3-7-14(13)16/h2-12H,1H3,(H,22,23). The topological polar surface area (TPSA) is 54.9 Å². The van der Waals surface area contributed by atoms with Crippen LogP contribution in [0.4, 0.5) is 5.69 Å². The quantitative estimate of drug-likeness (QED) is 0.410. The number of nitrogens with one attached hydrogen (secondary N) is 1. The summed E-state index contributed by atoms with van der Waals surface area (Å²) >= 11 is 3.03. The van der Waals surface area contributed by atoms with E-state index in [9.17, 15) is 4.79 Å². The maximum Gasteiger partial charge on any atom is 0.237 e. The zero-order valence-electron chi connectivity index (χ0n) is 13.5. The molecule has 2 aromatic heterocycles. The van der Waals surface area contributed by atoms with Crippen molar-refractivity contribution in [1.29, 1.82) is 0 Å². The smallest absolute Gasteiger partial charge is 0.237 e. The molecular weight excluding hydrogens is 350 g/mol. The number of nitrogens with zero attached hydrogens (tertiary/aromatic N) is 2. The second-order valence-corrected chi connectivity index (χ2v) is 7.82. The predicted molar refractivity (Wildman–Crippen MR) is 105 cm³/mol. The molecule has 2 heterocycles. The number of amides is 1. The van der Waals surface area contributed by atoms with Crippen LogP contribution in [0.5, 0.6) is 0 Å². The first-order valence-electron chi connectivity index (χ1n) is 7.86. The third-order valence-electron chi connectivity index (χ3n) is 3.93. The fourth-order valence-electron chi connectivity index (χ4n) is 2.65. The molecule has 0 fully saturated rings. The molecule has 1 amide bonds. The Morgan fingerprint density at radius 3 is 2.84 bits per heavy atom. The van der Waals surface area contributed by atoms with Crippen molar-refractivity contribution in [2.45, 2.75) is 17.2 Å². The van der Waals surface area contributed by atoms with Gasteiger partial charge in [0.05, 0.1) is 5.25 Å². The van der Waals surface area contributed by atoms with Crippen LogP contribution in [0.1, 0.15) is 6.92 Å². The van der Waals surface area contributed by atoms with Crippen LogP contribution in [0.25, 0.3) is 21.0 Å². The Morgan fingerprint density at radius 1 is 1.08 bits per heavy atom. The molecule has 0 aliphatic rings. The number of carbonyl (C=O) groups is 1. The molecule has 1 N–H and O–H groups in total. The van der Waals surface area contributed by atoms with Crippen LogP contribution in [0.2, 0.25) is 0 Å². The van der Waals surface area contributed by atoms with Gasteiger partial charge in [0, 0.05) is 16.5 Å². The Morgan fingerprint density at radius 2 is 1.92 bits per heavy atom. The van der Waals surface area contributed by atoms with Gasteiger partial charge in [0.15, 0.2) is 0 Å². The van der Waals surface area contributed by atoms with Crippen molar-refractivity contribution in [2.75, 3.05) is 5.32 Å². The van der Waals surface area contributed by atoms with Gasteiger partial charge in [-0.3, -0.25) is 4.79 Å². The molecule has 4 rings (SSSR count). The first-order valence-corrected chi connectivity index (χ1v) is 9.62. The van der Waals surface area contributed by atoms with Crippen molar-refractivity contribution in [2.24, 2.45) is 0 Å². The second kappa shape index (κ2) is 6.82. The zero-order valence-corrected chi connectivity index (χ0v) is 15.1. The van der Waals surface area contributed by atoms with E-state index in [1.165, 1.54) is 11.8 Å². The van der Waals surface area contributed by atoms with Crippen molar-refractivity contribution >= 4 is 55.7 Å². The number of thioether (sulfide) groups is 1. The largest absolute Gasteiger partial charge is 0.325 e. The summed E-state index contributed by atoms with van der Waals surface area (Å²) in [4.78, 5) is 22.2. The number of fused-ring (bicyclic) bond motifs is 2. The van der Waals surface area contributed by atoms with E-state index in [1.807, 2.05) is 60.8 Å². The Balaban J connectivity index is 1.55. The molecule has 6 heteroatoms. The van der Waals surface area contributed by atoms with E-state index >= 15 is 0 Å². The normalized spacial score (nSPS) is 12.4. The molecule has 2 aromatic carbocycles. The molecule has 4 nitrogen and oxygen atoms in total. The second-order valence-electron chi connectivity index (χ2n) is 5.59. The van der Waals surface area contributed by atoms with Crippen LogP contribution < -0.4 is 5.32 Å². The van der Waals surface area contributed by atoms with Crippen LogP contribution >= 0.6 is 23.1 Å². The third-order valence-corrected chi connectivity index (χ3v) is 5.87. The van der Waals surface area contributed by atoms with Crippen molar-refractivity contribution < 1.29 is 4.79 Å². The van der Waals surface area contributed by atoms with E-state index in [4.69, 9.17) is 0 Å². The molecule has 0 saturated carbocycles. The Labute approximate surface area is 153 Å². The average molecular weight is 365 g/mol. The lowest BCUT2D eigenvalue weighted by Crippen LogP contribution is -2.22. The molecule has 25 heavy (non-hydrogen) atoms. The highest BCUT2D eigenvalue weighted by molar-refractivity contribution is 8.00. The molecule has 1 unspecified atom stereocenters. The van der Waals surface area contributed by atoms with Crippen LogP contribution in [-0.4, -0.2) is 21.1 Å². The van der Waals surface area contributed by atoms with Gasteiger partial charge in [0.1, 0.15) is 16.2 Å². The Bertz CT molecular complexity index is 1060. The van der Waals surface area contributed by atoms with E-state index in [2.05, 4.69) is 15.3 Å². The van der Waals surface area contributed by atoms with Gasteiger partial charge in [-0.05, 0) is 29.8 Å². The highest BCUT2D eigenvalue weighted by Gasteiger charge is 2.18. The predicted octanol–water partition coefficient (Wildman–Crippen LogP) is 4.96. The third kappa shape index (κ3) is 3.23. The van der Waals surface area contributed by atoms with Gasteiger partial charge < -0.3 is 5.32 Å². The summed E-state index contributed by atoms with van der Waals surface area (Å²) in [5.41, 5.74) is 0.832. The van der Waals surface area contributed by atoms with Crippen LogP contribution in [-0.2, 0) is 4.79 Å². The van der Waals surface area contributed by atoms with E-state index in [1.54, 1.807) is 17.7 Å². The molecule has 0 spiro atoms. The van der Waals surface area contributed by atoms with Crippen molar-refractivity contribution in [3.63, 3.8) is 0 Å². The maximum atomic E-state index is 12.7. The average Bonchev–Trinajstić information content (AvgIpc) is 3.12. The Kier molecular flexibility index (Phi) is 4.38. The minimum atomic E-state index is -0.267. The molecule has 0 saturated heterocycles. The van der Waals surface area contributed by atoms with Crippen molar-refractivity contribution in [3.05, 3.63) is 60.2 Å². The number of hydrogen-bond donors (Lipinski definition) is 1. The summed E-state index contributed by atoms with van der Waals surface area (Å²) in [6.07, 6.45) is 1.55. The molecular formula is C19H15N3OS2. The monoisotopic (exact) mass is 365 g/mol. The number of aromatic nitrogens is 2. The lowest BCUT2D eigenvalue weighted by Gasteiger charge is -2.13. The van der Waals surface area contributed by atoms with Gasteiger partial charge in [0.2, 0.25) is 5.91 Å². The van der Waals surface area contributed by atoms with Crippen LogP contribution in [0.3, 0.4) is 0 Å². The van der Waals surface area contributed by atoms with E-state index in [0.717, 1.165) is 31.7 Å². The highest BCUT2D eigenvalue weighted by Crippen LogP contribution is 2.31. The van der Waals surface area contributed by atoms with Gasteiger partial charge in [0.25, 0.3) is 0 Å². The van der Waals surface area contributed by atoms with Gasteiger partial charge in [-0.2, -0.15) is 0 Å². The van der Waals surface area contributed by atoms with Gasteiger partial charge in [-0.25, -0.2) is 9.97 Å². The zero-order chi connectivity index (χ0) is 17.2. The summed E-state index contributed by atoms with van der Waals surface area (Å²) in [6, 6.07) is 15.9.